The van der Waals surface area contributed by atoms with Crippen molar-refractivity contribution in [3.05, 3.63) is 66.7 Å². The Morgan fingerprint density at radius 1 is 0.875 bits per heavy atom. The lowest BCUT2D eigenvalue weighted by molar-refractivity contribution is 0.318. The van der Waals surface area contributed by atoms with Crippen LogP contribution in [0.1, 0.15) is 6.42 Å². The number of para-hydroxylation sites is 2. The summed E-state index contributed by atoms with van der Waals surface area (Å²) >= 11 is 1.72. The maximum atomic E-state index is 5.73. The van der Waals surface area contributed by atoms with Gasteiger partial charge in [0.1, 0.15) is 5.75 Å². The Morgan fingerprint density at radius 3 is 2.62 bits per heavy atom. The summed E-state index contributed by atoms with van der Waals surface area (Å²) in [5.74, 6) is 1.86. The molecule has 0 atom stereocenters. The van der Waals surface area contributed by atoms with E-state index in [1.54, 1.807) is 11.8 Å². The van der Waals surface area contributed by atoms with Gasteiger partial charge in [0, 0.05) is 5.75 Å². The number of hydrogen-bond acceptors (Lipinski definition) is 4. The number of benzene rings is 2. The lowest BCUT2D eigenvalue weighted by atomic mass is 10.2. The van der Waals surface area contributed by atoms with Gasteiger partial charge < -0.3 is 4.74 Å². The summed E-state index contributed by atoms with van der Waals surface area (Å²) in [5.41, 5.74) is 2.03. The van der Waals surface area contributed by atoms with Gasteiger partial charge in [0.2, 0.25) is 0 Å². The molecule has 4 aromatic rings. The topological polar surface area (TPSA) is 39.4 Å². The average Bonchev–Trinajstić information content (AvgIpc) is 3.06. The van der Waals surface area contributed by atoms with Crippen molar-refractivity contribution in [3.63, 3.8) is 0 Å². The van der Waals surface area contributed by atoms with Gasteiger partial charge in [0.05, 0.1) is 12.1 Å². The lowest BCUT2D eigenvalue weighted by Gasteiger charge is -2.06. The Morgan fingerprint density at radius 2 is 1.71 bits per heavy atom. The summed E-state index contributed by atoms with van der Waals surface area (Å²) in [5, 5.41) is 10.7. The van der Waals surface area contributed by atoms with Crippen LogP contribution in [0, 0.1) is 0 Å². The first-order chi connectivity index (χ1) is 11.9. The standard InChI is InChI=1S/C19H17N3OS/c1-2-8-16(9-3-1)23-13-6-14-24-19-21-20-18-12-11-15-7-4-5-10-17(15)22(18)19/h1-5,7-12H,6,13-14H2. The minimum atomic E-state index is 0.703. The van der Waals surface area contributed by atoms with E-state index in [1.165, 1.54) is 5.39 Å². The van der Waals surface area contributed by atoms with Crippen LogP contribution in [-0.2, 0) is 0 Å². The van der Waals surface area contributed by atoms with Crippen molar-refractivity contribution in [3.8, 4) is 5.75 Å². The summed E-state index contributed by atoms with van der Waals surface area (Å²) in [6, 6.07) is 22.3. The normalized spacial score (nSPS) is 11.2. The van der Waals surface area contributed by atoms with Gasteiger partial charge in [-0.15, -0.1) is 10.2 Å². The van der Waals surface area contributed by atoms with E-state index >= 15 is 0 Å². The van der Waals surface area contributed by atoms with Crippen LogP contribution in [-0.4, -0.2) is 27.0 Å². The van der Waals surface area contributed by atoms with E-state index < -0.39 is 0 Å². The number of nitrogens with zero attached hydrogens (tertiary/aromatic N) is 3. The molecule has 0 aliphatic carbocycles. The molecule has 0 saturated heterocycles. The maximum Gasteiger partial charge on any atom is 0.196 e. The molecule has 0 fully saturated rings. The number of thioether (sulfide) groups is 1. The molecule has 0 bridgehead atoms. The van der Waals surface area contributed by atoms with E-state index in [9.17, 15) is 0 Å². The SMILES string of the molecule is c1ccc(OCCCSc2nnc3ccc4ccccc4n23)cc1. The summed E-state index contributed by atoms with van der Waals surface area (Å²) in [6.45, 7) is 0.703. The van der Waals surface area contributed by atoms with Gasteiger partial charge in [-0.05, 0) is 42.1 Å². The minimum Gasteiger partial charge on any atom is -0.494 e. The highest BCUT2D eigenvalue weighted by molar-refractivity contribution is 7.99. The molecule has 0 unspecified atom stereocenters. The Balaban J connectivity index is 1.42. The van der Waals surface area contributed by atoms with Crippen LogP contribution >= 0.6 is 11.8 Å². The smallest absolute Gasteiger partial charge is 0.196 e. The number of ether oxygens (including phenoxy) is 1. The predicted octanol–water partition coefficient (Wildman–Crippen LogP) is 4.44. The van der Waals surface area contributed by atoms with E-state index in [4.69, 9.17) is 4.74 Å². The number of aromatic nitrogens is 3. The molecule has 0 spiro atoms. The molecule has 4 rings (SSSR count). The molecule has 2 aromatic carbocycles. The third kappa shape index (κ3) is 3.08. The molecular weight excluding hydrogens is 318 g/mol. The van der Waals surface area contributed by atoms with Crippen LogP contribution in [0.5, 0.6) is 5.75 Å². The van der Waals surface area contributed by atoms with E-state index in [1.807, 2.05) is 48.5 Å². The second-order valence-electron chi connectivity index (χ2n) is 5.43. The molecule has 0 aliphatic heterocycles. The Labute approximate surface area is 144 Å². The summed E-state index contributed by atoms with van der Waals surface area (Å²) < 4.78 is 7.85. The number of fused-ring (bicyclic) bond motifs is 3. The number of rotatable bonds is 6. The molecule has 0 radical (unpaired) electrons. The minimum absolute atomic E-state index is 0.703. The monoisotopic (exact) mass is 335 g/mol. The van der Waals surface area contributed by atoms with Crippen LogP contribution in [0.4, 0.5) is 0 Å². The van der Waals surface area contributed by atoms with Crippen molar-refractivity contribution in [1.82, 2.24) is 14.6 Å². The van der Waals surface area contributed by atoms with Crippen LogP contribution < -0.4 is 4.74 Å². The zero-order valence-corrected chi connectivity index (χ0v) is 13.9. The van der Waals surface area contributed by atoms with Crippen LogP contribution in [0.2, 0.25) is 0 Å². The highest BCUT2D eigenvalue weighted by atomic mass is 32.2. The van der Waals surface area contributed by atoms with Gasteiger partial charge in [0.25, 0.3) is 0 Å². The first kappa shape index (κ1) is 15.0. The molecule has 2 aromatic heterocycles. The molecule has 2 heterocycles. The molecule has 5 heteroatoms. The van der Waals surface area contributed by atoms with Gasteiger partial charge in [-0.2, -0.15) is 0 Å². The van der Waals surface area contributed by atoms with Gasteiger partial charge in [-0.25, -0.2) is 0 Å². The molecule has 4 nitrogen and oxygen atoms in total. The molecule has 24 heavy (non-hydrogen) atoms. The zero-order chi connectivity index (χ0) is 16.2. The lowest BCUT2D eigenvalue weighted by Crippen LogP contribution is -1.99. The van der Waals surface area contributed by atoms with Crippen molar-refractivity contribution in [1.29, 1.82) is 0 Å². The quantitative estimate of drug-likeness (QED) is 0.386. The van der Waals surface area contributed by atoms with Gasteiger partial charge in [-0.3, -0.25) is 4.40 Å². The molecule has 0 aliphatic rings. The third-order valence-electron chi connectivity index (χ3n) is 3.78. The van der Waals surface area contributed by atoms with Crippen molar-refractivity contribution >= 4 is 28.3 Å². The van der Waals surface area contributed by atoms with E-state index in [0.29, 0.717) is 6.61 Å². The van der Waals surface area contributed by atoms with Crippen LogP contribution in [0.25, 0.3) is 16.6 Å². The number of pyridine rings is 1. The summed E-state index contributed by atoms with van der Waals surface area (Å²) in [4.78, 5) is 0. The molecular formula is C19H17N3OS. The third-order valence-corrected chi connectivity index (χ3v) is 4.80. The fourth-order valence-corrected chi connectivity index (χ4v) is 3.50. The molecule has 0 N–H and O–H groups in total. The fraction of sp³-hybridized carbons (Fsp3) is 0.158. The van der Waals surface area contributed by atoms with E-state index in [0.717, 1.165) is 34.2 Å². The number of hydrogen-bond donors (Lipinski definition) is 0. The first-order valence-electron chi connectivity index (χ1n) is 7.95. The largest absolute Gasteiger partial charge is 0.494 e. The Kier molecular flexibility index (Phi) is 4.34. The van der Waals surface area contributed by atoms with Gasteiger partial charge in [0.15, 0.2) is 10.8 Å². The summed E-state index contributed by atoms with van der Waals surface area (Å²) in [7, 11) is 0. The van der Waals surface area contributed by atoms with Crippen molar-refractivity contribution in [2.45, 2.75) is 11.6 Å². The highest BCUT2D eigenvalue weighted by Gasteiger charge is 2.08. The average molecular weight is 335 g/mol. The van der Waals surface area contributed by atoms with Crippen molar-refractivity contribution < 1.29 is 4.74 Å². The Bertz CT molecular complexity index is 953. The molecule has 0 saturated carbocycles. The van der Waals surface area contributed by atoms with Gasteiger partial charge >= 0.3 is 0 Å². The van der Waals surface area contributed by atoms with Crippen molar-refractivity contribution in [2.24, 2.45) is 0 Å². The van der Waals surface area contributed by atoms with Crippen LogP contribution in [0.15, 0.2) is 71.9 Å². The maximum absolute atomic E-state index is 5.73. The second kappa shape index (κ2) is 6.93. The predicted molar refractivity (Wildman–Crippen MR) is 97.8 cm³/mol. The molecule has 0 amide bonds. The summed E-state index contributed by atoms with van der Waals surface area (Å²) in [6.07, 6.45) is 0.958. The van der Waals surface area contributed by atoms with Crippen molar-refractivity contribution in [2.75, 3.05) is 12.4 Å². The first-order valence-corrected chi connectivity index (χ1v) is 8.94. The van der Waals surface area contributed by atoms with Gasteiger partial charge in [-0.1, -0.05) is 48.2 Å². The Hall–Kier alpha value is -2.53. The fourth-order valence-electron chi connectivity index (χ4n) is 2.63. The van der Waals surface area contributed by atoms with E-state index in [-0.39, 0.29) is 0 Å². The molecule has 120 valence electrons. The second-order valence-corrected chi connectivity index (χ2v) is 6.49. The van der Waals surface area contributed by atoms with E-state index in [2.05, 4.69) is 32.8 Å². The zero-order valence-electron chi connectivity index (χ0n) is 13.1. The van der Waals surface area contributed by atoms with Crippen LogP contribution in [0.3, 0.4) is 0 Å². The highest BCUT2D eigenvalue weighted by Crippen LogP contribution is 2.23.